The largest absolute Gasteiger partial charge is 0.454 e. The topological polar surface area (TPSA) is 60.9 Å². The Morgan fingerprint density at radius 3 is 2.83 bits per heavy atom. The Morgan fingerprint density at radius 1 is 1.21 bits per heavy atom. The third kappa shape index (κ3) is 4.26. The van der Waals surface area contributed by atoms with Crippen molar-refractivity contribution in [1.82, 2.24) is 9.88 Å². The van der Waals surface area contributed by atoms with Crippen LogP contribution in [0.5, 0.6) is 11.5 Å². The van der Waals surface area contributed by atoms with Gasteiger partial charge in [-0.25, -0.2) is 0 Å². The van der Waals surface area contributed by atoms with Gasteiger partial charge in [0.25, 0.3) is 5.91 Å². The van der Waals surface area contributed by atoms with Crippen LogP contribution < -0.4 is 9.47 Å². The second-order valence-corrected chi connectivity index (χ2v) is 7.53. The monoisotopic (exact) mass is 410 g/mol. The fourth-order valence-electron chi connectivity index (χ4n) is 3.24. The van der Waals surface area contributed by atoms with E-state index in [1.807, 2.05) is 54.1 Å². The number of aryl methyl sites for hydroxylation is 1. The maximum atomic E-state index is 13.3. The molecule has 0 saturated heterocycles. The van der Waals surface area contributed by atoms with Crippen LogP contribution in [0, 0.1) is 6.92 Å². The van der Waals surface area contributed by atoms with Gasteiger partial charge in [0, 0.05) is 31.1 Å². The Balaban J connectivity index is 1.57. The molecule has 4 rings (SSSR count). The number of ether oxygens (including phenoxy) is 3. The predicted molar refractivity (Wildman–Crippen MR) is 111 cm³/mol. The third-order valence-electron chi connectivity index (χ3n) is 4.80. The molecule has 29 heavy (non-hydrogen) atoms. The van der Waals surface area contributed by atoms with Crippen LogP contribution >= 0.6 is 11.3 Å². The molecule has 1 amide bonds. The highest BCUT2D eigenvalue weighted by Gasteiger charge is 2.21. The number of hydrogen-bond acceptors (Lipinski definition) is 6. The molecule has 0 fully saturated rings. The van der Waals surface area contributed by atoms with Gasteiger partial charge in [-0.05, 0) is 48.2 Å². The van der Waals surface area contributed by atoms with Gasteiger partial charge in [0.2, 0.25) is 6.79 Å². The molecular formula is C22H22N2O4S. The van der Waals surface area contributed by atoms with Gasteiger partial charge in [0.15, 0.2) is 11.5 Å². The number of benzene rings is 1. The maximum Gasteiger partial charge on any atom is 0.256 e. The highest BCUT2D eigenvalue weighted by Crippen LogP contribution is 2.33. The van der Waals surface area contributed by atoms with E-state index >= 15 is 0 Å². The molecule has 0 N–H and O–H groups in total. The minimum Gasteiger partial charge on any atom is -0.454 e. The third-order valence-corrected chi connectivity index (χ3v) is 5.48. The normalized spacial score (nSPS) is 12.2. The van der Waals surface area contributed by atoms with Gasteiger partial charge in [0.05, 0.1) is 23.6 Å². The first kappa shape index (κ1) is 19.4. The maximum absolute atomic E-state index is 13.3. The summed E-state index contributed by atoms with van der Waals surface area (Å²) in [5.41, 5.74) is 4.22. The lowest BCUT2D eigenvalue weighted by atomic mass is 10.1. The highest BCUT2D eigenvalue weighted by molar-refractivity contribution is 7.08. The van der Waals surface area contributed by atoms with Gasteiger partial charge in [-0.1, -0.05) is 6.07 Å². The summed E-state index contributed by atoms with van der Waals surface area (Å²) >= 11 is 1.63. The van der Waals surface area contributed by atoms with Crippen LogP contribution in [-0.4, -0.2) is 42.8 Å². The van der Waals surface area contributed by atoms with E-state index in [9.17, 15) is 4.79 Å². The minimum absolute atomic E-state index is 0.0680. The first-order chi connectivity index (χ1) is 14.2. The molecule has 0 atom stereocenters. The zero-order valence-corrected chi connectivity index (χ0v) is 17.2. The number of carbonyl (C=O) groups is 1. The molecule has 7 heteroatoms. The lowest BCUT2D eigenvalue weighted by Crippen LogP contribution is -2.34. The average Bonchev–Trinajstić information content (AvgIpc) is 3.42. The van der Waals surface area contributed by atoms with Gasteiger partial charge in [-0.3, -0.25) is 9.78 Å². The number of thiophene rings is 1. The number of aromatic nitrogens is 1. The van der Waals surface area contributed by atoms with Crippen molar-refractivity contribution in [2.24, 2.45) is 0 Å². The summed E-state index contributed by atoms with van der Waals surface area (Å²) in [5.74, 6) is 1.37. The summed E-state index contributed by atoms with van der Waals surface area (Å²) in [6.07, 6.45) is 0. The SMILES string of the molecule is COCCN(Cc1ccc2c(c1)OCO2)C(=O)c1ccc(-c2ccsc2)nc1C. The molecule has 3 heterocycles. The van der Waals surface area contributed by atoms with Crippen molar-refractivity contribution < 1.29 is 19.0 Å². The standard InChI is InChI=1S/C22H22N2O4S/c1-15-18(4-5-19(23-15)17-7-10-29-13-17)22(25)24(8-9-26-2)12-16-3-6-20-21(11-16)28-14-27-20/h3-7,10-11,13H,8-9,12,14H2,1-2H3. The van der Waals surface area contributed by atoms with E-state index in [-0.39, 0.29) is 12.7 Å². The van der Waals surface area contributed by atoms with Gasteiger partial charge in [-0.15, -0.1) is 0 Å². The van der Waals surface area contributed by atoms with Gasteiger partial charge in [0.1, 0.15) is 0 Å². The molecule has 0 radical (unpaired) electrons. The van der Waals surface area contributed by atoms with Crippen LogP contribution in [0.3, 0.4) is 0 Å². The summed E-state index contributed by atoms with van der Waals surface area (Å²) in [6, 6.07) is 11.5. The first-order valence-corrected chi connectivity index (χ1v) is 10.3. The summed E-state index contributed by atoms with van der Waals surface area (Å²) < 4.78 is 16.0. The van der Waals surface area contributed by atoms with E-state index in [0.717, 1.165) is 22.6 Å². The smallest absolute Gasteiger partial charge is 0.256 e. The van der Waals surface area contributed by atoms with E-state index < -0.39 is 0 Å². The Morgan fingerprint density at radius 2 is 2.07 bits per heavy atom. The summed E-state index contributed by atoms with van der Waals surface area (Å²) in [5, 5.41) is 4.07. The lowest BCUT2D eigenvalue weighted by molar-refractivity contribution is 0.0679. The Kier molecular flexibility index (Phi) is 5.78. The molecule has 0 spiro atoms. The van der Waals surface area contributed by atoms with Gasteiger partial charge in [-0.2, -0.15) is 11.3 Å². The number of carbonyl (C=O) groups excluding carboxylic acids is 1. The molecule has 2 aromatic heterocycles. The van der Waals surface area contributed by atoms with Crippen LogP contribution in [0.4, 0.5) is 0 Å². The quantitative estimate of drug-likeness (QED) is 0.586. The zero-order valence-electron chi connectivity index (χ0n) is 16.4. The molecule has 1 aliphatic heterocycles. The number of hydrogen-bond donors (Lipinski definition) is 0. The Labute approximate surface area is 173 Å². The van der Waals surface area contributed by atoms with Crippen LogP contribution in [0.2, 0.25) is 0 Å². The summed E-state index contributed by atoms with van der Waals surface area (Å²) in [4.78, 5) is 19.7. The van der Waals surface area contributed by atoms with E-state index in [4.69, 9.17) is 14.2 Å². The summed E-state index contributed by atoms with van der Waals surface area (Å²) in [6.45, 7) is 3.49. The predicted octanol–water partition coefficient (Wildman–Crippen LogP) is 4.14. The van der Waals surface area contributed by atoms with Gasteiger partial charge < -0.3 is 19.1 Å². The molecule has 1 aromatic carbocycles. The molecule has 3 aromatic rings. The molecule has 6 nitrogen and oxygen atoms in total. The van der Waals surface area contributed by atoms with Gasteiger partial charge >= 0.3 is 0 Å². The van der Waals surface area contributed by atoms with Crippen molar-refractivity contribution in [3.63, 3.8) is 0 Å². The molecule has 0 aliphatic carbocycles. The Bertz CT molecular complexity index is 1000. The van der Waals surface area contributed by atoms with E-state index in [2.05, 4.69) is 4.98 Å². The molecule has 0 bridgehead atoms. The number of fused-ring (bicyclic) bond motifs is 1. The Hall–Kier alpha value is -2.90. The number of amides is 1. The van der Waals surface area contributed by atoms with Crippen molar-refractivity contribution in [2.75, 3.05) is 27.1 Å². The number of methoxy groups -OCH3 is 1. The fraction of sp³-hybridized carbons (Fsp3) is 0.273. The first-order valence-electron chi connectivity index (χ1n) is 9.32. The highest BCUT2D eigenvalue weighted by atomic mass is 32.1. The number of nitrogens with zero attached hydrogens (tertiary/aromatic N) is 2. The molecule has 0 unspecified atom stereocenters. The zero-order chi connectivity index (χ0) is 20.2. The minimum atomic E-state index is -0.0680. The van der Waals surface area contributed by atoms with Crippen molar-refractivity contribution in [3.05, 3.63) is 64.0 Å². The van der Waals surface area contributed by atoms with E-state index in [1.54, 1.807) is 23.3 Å². The molecule has 150 valence electrons. The van der Waals surface area contributed by atoms with E-state index in [0.29, 0.717) is 36.7 Å². The molecule has 1 aliphatic rings. The van der Waals surface area contributed by atoms with Crippen molar-refractivity contribution in [3.8, 4) is 22.8 Å². The van der Waals surface area contributed by atoms with E-state index in [1.165, 1.54) is 0 Å². The second kappa shape index (κ2) is 8.63. The van der Waals surface area contributed by atoms with Crippen molar-refractivity contribution in [2.45, 2.75) is 13.5 Å². The number of rotatable bonds is 7. The van der Waals surface area contributed by atoms with Crippen molar-refractivity contribution >= 4 is 17.2 Å². The van der Waals surface area contributed by atoms with Crippen molar-refractivity contribution in [1.29, 1.82) is 0 Å². The van der Waals surface area contributed by atoms with Crippen LogP contribution in [0.15, 0.2) is 47.2 Å². The summed E-state index contributed by atoms with van der Waals surface area (Å²) in [7, 11) is 1.63. The second-order valence-electron chi connectivity index (χ2n) is 6.75. The fourth-order valence-corrected chi connectivity index (χ4v) is 3.89. The average molecular weight is 410 g/mol. The number of pyridine rings is 1. The molecule has 0 saturated carbocycles. The molecular weight excluding hydrogens is 388 g/mol. The lowest BCUT2D eigenvalue weighted by Gasteiger charge is -2.23. The van der Waals surface area contributed by atoms with Crippen LogP contribution in [-0.2, 0) is 11.3 Å². The van der Waals surface area contributed by atoms with Crippen LogP contribution in [0.1, 0.15) is 21.6 Å². The van der Waals surface area contributed by atoms with Crippen LogP contribution in [0.25, 0.3) is 11.3 Å².